The number of hydrogen-bond acceptors (Lipinski definition) is 2. The highest BCUT2D eigenvalue weighted by Gasteiger charge is 2.35. The number of benzene rings is 1. The molecule has 0 saturated carbocycles. The summed E-state index contributed by atoms with van der Waals surface area (Å²) in [6, 6.07) is 1.72. The van der Waals surface area contributed by atoms with Gasteiger partial charge in [0.1, 0.15) is 10.7 Å². The zero-order valence-corrected chi connectivity index (χ0v) is 13.5. The molecule has 0 aliphatic carbocycles. The van der Waals surface area contributed by atoms with Gasteiger partial charge in [-0.1, -0.05) is 6.92 Å². The Labute approximate surface area is 129 Å². The summed E-state index contributed by atoms with van der Waals surface area (Å²) in [6.45, 7) is 4.21. The van der Waals surface area contributed by atoms with E-state index in [4.69, 9.17) is 11.6 Å². The molecule has 2 unspecified atom stereocenters. The molecule has 2 rings (SSSR count). The Balaban J connectivity index is 2.45. The number of nitrogens with zero attached hydrogens (tertiary/aromatic N) is 1. The quantitative estimate of drug-likeness (QED) is 0.791. The van der Waals surface area contributed by atoms with Crippen molar-refractivity contribution in [3.8, 4) is 0 Å². The van der Waals surface area contributed by atoms with E-state index in [0.717, 1.165) is 25.0 Å². The second-order valence-corrected chi connectivity index (χ2v) is 7.69. The van der Waals surface area contributed by atoms with Crippen LogP contribution in [0.2, 0.25) is 0 Å². The van der Waals surface area contributed by atoms with Crippen molar-refractivity contribution < 1.29 is 17.2 Å². The highest BCUT2D eigenvalue weighted by molar-refractivity contribution is 7.89. The predicted octanol–water partition coefficient (Wildman–Crippen LogP) is 3.51. The summed E-state index contributed by atoms with van der Waals surface area (Å²) in [6.07, 6.45) is 1.46. The van der Waals surface area contributed by atoms with Crippen LogP contribution in [0.5, 0.6) is 0 Å². The van der Waals surface area contributed by atoms with Crippen LogP contribution in [0.4, 0.5) is 8.78 Å². The van der Waals surface area contributed by atoms with Gasteiger partial charge in [-0.15, -0.1) is 11.6 Å². The van der Waals surface area contributed by atoms with Crippen LogP contribution in [0, 0.1) is 17.6 Å². The molecule has 0 amide bonds. The average Bonchev–Trinajstić information content (AvgIpc) is 2.38. The molecule has 0 N–H and O–H groups in total. The van der Waals surface area contributed by atoms with Crippen LogP contribution in [0.15, 0.2) is 17.0 Å². The van der Waals surface area contributed by atoms with E-state index in [9.17, 15) is 17.2 Å². The van der Waals surface area contributed by atoms with Gasteiger partial charge < -0.3 is 0 Å². The fourth-order valence-electron chi connectivity index (χ4n) is 2.77. The standard InChI is InChI=1S/C14H18ClF2NO2S/c1-9-5-6-18(10(2)7-9)21(19,20)13-4-3-12(16)11(8-15)14(13)17/h3-4,9-10H,5-8H2,1-2H3. The van der Waals surface area contributed by atoms with Gasteiger partial charge in [-0.25, -0.2) is 17.2 Å². The Hall–Kier alpha value is -0.720. The van der Waals surface area contributed by atoms with Crippen LogP contribution >= 0.6 is 11.6 Å². The first kappa shape index (κ1) is 16.6. The van der Waals surface area contributed by atoms with Crippen molar-refractivity contribution >= 4 is 21.6 Å². The van der Waals surface area contributed by atoms with Gasteiger partial charge in [0.2, 0.25) is 10.0 Å². The van der Waals surface area contributed by atoms with E-state index in [1.165, 1.54) is 4.31 Å². The normalized spacial score (nSPS) is 24.2. The first-order valence-corrected chi connectivity index (χ1v) is 8.81. The zero-order valence-electron chi connectivity index (χ0n) is 11.9. The molecular formula is C14H18ClF2NO2S. The Bertz CT molecular complexity index is 636. The van der Waals surface area contributed by atoms with Crippen molar-refractivity contribution in [3.05, 3.63) is 29.3 Å². The fourth-order valence-corrected chi connectivity index (χ4v) is 4.76. The molecule has 1 aliphatic heterocycles. The van der Waals surface area contributed by atoms with Crippen molar-refractivity contribution in [2.24, 2.45) is 5.92 Å². The summed E-state index contributed by atoms with van der Waals surface area (Å²) in [5.74, 6) is -1.89. The van der Waals surface area contributed by atoms with Gasteiger partial charge in [0, 0.05) is 18.2 Å². The lowest BCUT2D eigenvalue weighted by Gasteiger charge is -2.35. The van der Waals surface area contributed by atoms with Gasteiger partial charge in [-0.3, -0.25) is 0 Å². The zero-order chi connectivity index (χ0) is 15.8. The third-order valence-corrected chi connectivity index (χ3v) is 6.25. The molecule has 7 heteroatoms. The van der Waals surface area contributed by atoms with Crippen molar-refractivity contribution in [2.75, 3.05) is 6.54 Å². The van der Waals surface area contributed by atoms with Crippen LogP contribution in [0.3, 0.4) is 0 Å². The molecule has 1 aromatic rings. The molecule has 0 spiro atoms. The second kappa shape index (κ2) is 6.18. The molecule has 1 fully saturated rings. The van der Waals surface area contributed by atoms with Crippen molar-refractivity contribution in [3.63, 3.8) is 0 Å². The van der Waals surface area contributed by atoms with Crippen molar-refractivity contribution in [2.45, 2.75) is 43.5 Å². The van der Waals surface area contributed by atoms with E-state index in [1.807, 2.05) is 0 Å². The molecule has 0 radical (unpaired) electrons. The van der Waals surface area contributed by atoms with E-state index < -0.39 is 38.0 Å². The minimum Gasteiger partial charge on any atom is -0.207 e. The first-order chi connectivity index (χ1) is 9.78. The monoisotopic (exact) mass is 337 g/mol. The minimum atomic E-state index is -3.98. The lowest BCUT2D eigenvalue weighted by Crippen LogP contribution is -2.44. The largest absolute Gasteiger partial charge is 0.246 e. The number of hydrogen-bond donors (Lipinski definition) is 0. The Morgan fingerprint density at radius 2 is 2.00 bits per heavy atom. The number of rotatable bonds is 3. The number of piperidine rings is 1. The number of sulfonamides is 1. The molecule has 0 aromatic heterocycles. The highest BCUT2D eigenvalue weighted by Crippen LogP contribution is 2.31. The fraction of sp³-hybridized carbons (Fsp3) is 0.571. The minimum absolute atomic E-state index is 0.206. The summed E-state index contributed by atoms with van der Waals surface area (Å²) in [7, 11) is -3.98. The summed E-state index contributed by atoms with van der Waals surface area (Å²) in [5, 5.41) is 0. The van der Waals surface area contributed by atoms with E-state index >= 15 is 0 Å². The van der Waals surface area contributed by atoms with Crippen LogP contribution < -0.4 is 0 Å². The summed E-state index contributed by atoms with van der Waals surface area (Å²) in [4.78, 5) is -0.499. The molecule has 3 nitrogen and oxygen atoms in total. The lowest BCUT2D eigenvalue weighted by atomic mass is 9.95. The predicted molar refractivity (Wildman–Crippen MR) is 77.7 cm³/mol. The van der Waals surface area contributed by atoms with E-state index in [1.54, 1.807) is 6.92 Å². The molecule has 21 heavy (non-hydrogen) atoms. The van der Waals surface area contributed by atoms with Gasteiger partial charge in [-0.05, 0) is 37.8 Å². The SMILES string of the molecule is CC1CCN(S(=O)(=O)c2ccc(F)c(CCl)c2F)C(C)C1. The molecule has 1 aromatic carbocycles. The molecule has 1 aliphatic rings. The summed E-state index contributed by atoms with van der Waals surface area (Å²) < 4.78 is 54.3. The molecule has 118 valence electrons. The summed E-state index contributed by atoms with van der Waals surface area (Å²) in [5.41, 5.74) is -0.407. The first-order valence-electron chi connectivity index (χ1n) is 6.83. The van der Waals surface area contributed by atoms with E-state index in [2.05, 4.69) is 6.92 Å². The average molecular weight is 338 g/mol. The molecular weight excluding hydrogens is 320 g/mol. The lowest BCUT2D eigenvalue weighted by molar-refractivity contribution is 0.219. The highest BCUT2D eigenvalue weighted by atomic mass is 35.5. The van der Waals surface area contributed by atoms with Crippen LogP contribution in [0.25, 0.3) is 0 Å². The molecule has 1 heterocycles. The maximum atomic E-state index is 14.3. The Morgan fingerprint density at radius 3 is 2.57 bits per heavy atom. The van der Waals surface area contributed by atoms with Gasteiger partial charge >= 0.3 is 0 Å². The van der Waals surface area contributed by atoms with Gasteiger partial charge in [-0.2, -0.15) is 4.31 Å². The van der Waals surface area contributed by atoms with Crippen molar-refractivity contribution in [1.29, 1.82) is 0 Å². The number of halogens is 3. The summed E-state index contributed by atoms with van der Waals surface area (Å²) >= 11 is 5.50. The van der Waals surface area contributed by atoms with Gasteiger partial charge in [0.05, 0.1) is 5.88 Å². The van der Waals surface area contributed by atoms with Crippen LogP contribution in [0.1, 0.15) is 32.3 Å². The molecule has 1 saturated heterocycles. The third kappa shape index (κ3) is 3.07. The Kier molecular flexibility index (Phi) is 4.90. The maximum absolute atomic E-state index is 14.3. The van der Waals surface area contributed by atoms with Crippen LogP contribution in [-0.2, 0) is 15.9 Å². The molecule has 0 bridgehead atoms. The smallest absolute Gasteiger partial charge is 0.207 e. The third-order valence-electron chi connectivity index (χ3n) is 3.95. The molecule has 2 atom stereocenters. The number of alkyl halides is 1. The van der Waals surface area contributed by atoms with Gasteiger partial charge in [0.15, 0.2) is 5.82 Å². The Morgan fingerprint density at radius 1 is 1.33 bits per heavy atom. The van der Waals surface area contributed by atoms with E-state index in [-0.39, 0.29) is 6.04 Å². The second-order valence-electron chi connectivity index (χ2n) is 5.57. The topological polar surface area (TPSA) is 37.4 Å². The van der Waals surface area contributed by atoms with Crippen molar-refractivity contribution in [1.82, 2.24) is 4.31 Å². The maximum Gasteiger partial charge on any atom is 0.246 e. The van der Waals surface area contributed by atoms with Crippen LogP contribution in [-0.4, -0.2) is 25.3 Å². The van der Waals surface area contributed by atoms with Gasteiger partial charge in [0.25, 0.3) is 0 Å². The van der Waals surface area contributed by atoms with E-state index in [0.29, 0.717) is 12.5 Å².